The molecule has 0 bridgehead atoms. The molecule has 1 N–H and O–H groups in total. The summed E-state index contributed by atoms with van der Waals surface area (Å²) in [6.45, 7) is 0.131. The lowest BCUT2D eigenvalue weighted by Crippen LogP contribution is -2.11. The van der Waals surface area contributed by atoms with Gasteiger partial charge in [0.15, 0.2) is 0 Å². The molecule has 2 rings (SSSR count). The summed E-state index contributed by atoms with van der Waals surface area (Å²) in [5.41, 5.74) is 0.412. The number of aromatic nitrogens is 2. The molecule has 0 saturated carbocycles. The van der Waals surface area contributed by atoms with Gasteiger partial charge in [-0.2, -0.15) is 5.10 Å². The van der Waals surface area contributed by atoms with Crippen molar-refractivity contribution >= 4 is 43.1 Å². The van der Waals surface area contributed by atoms with E-state index in [0.717, 1.165) is 10.7 Å². The van der Waals surface area contributed by atoms with Crippen LogP contribution in [0.5, 0.6) is 0 Å². The van der Waals surface area contributed by atoms with E-state index in [1.165, 1.54) is 22.2 Å². The molecule has 0 saturated heterocycles. The average Bonchev–Trinajstić information content (AvgIpc) is 2.91. The number of hydrogen-bond acceptors (Lipinski definition) is 5. The second-order valence-electron chi connectivity index (χ2n) is 4.22. The zero-order valence-electron chi connectivity index (χ0n) is 10.4. The van der Waals surface area contributed by atoms with Crippen molar-refractivity contribution in [3.8, 4) is 10.6 Å². The highest BCUT2D eigenvalue weighted by molar-refractivity contribution is 9.10. The van der Waals surface area contributed by atoms with Gasteiger partial charge in [-0.25, -0.2) is 13.2 Å². The Morgan fingerprint density at radius 2 is 2.25 bits per heavy atom. The Bertz CT molecular complexity index is 748. The number of carbonyl (C=O) groups is 1. The van der Waals surface area contributed by atoms with Gasteiger partial charge in [-0.05, 0) is 22.0 Å². The molecule has 0 unspecified atom stereocenters. The molecule has 0 fully saturated rings. The van der Waals surface area contributed by atoms with Gasteiger partial charge in [0.25, 0.3) is 0 Å². The zero-order chi connectivity index (χ0) is 14.9. The van der Waals surface area contributed by atoms with Crippen molar-refractivity contribution in [3.63, 3.8) is 0 Å². The number of thiophene rings is 1. The van der Waals surface area contributed by atoms with E-state index in [9.17, 15) is 18.3 Å². The zero-order valence-corrected chi connectivity index (χ0v) is 13.6. The number of hydrogen-bond donors (Lipinski definition) is 1. The maximum atomic E-state index is 11.2. The van der Waals surface area contributed by atoms with E-state index in [2.05, 4.69) is 21.0 Å². The van der Waals surface area contributed by atoms with Gasteiger partial charge in [0.1, 0.15) is 21.1 Å². The van der Waals surface area contributed by atoms with Crippen LogP contribution in [0.2, 0.25) is 0 Å². The van der Waals surface area contributed by atoms with Crippen molar-refractivity contribution < 1.29 is 18.3 Å². The number of sulfone groups is 1. The second kappa shape index (κ2) is 5.66. The van der Waals surface area contributed by atoms with Gasteiger partial charge in [0, 0.05) is 22.3 Å². The quantitative estimate of drug-likeness (QED) is 0.860. The molecule has 0 aromatic carbocycles. The lowest BCUT2D eigenvalue weighted by Gasteiger charge is -1.98. The summed E-state index contributed by atoms with van der Waals surface area (Å²) in [4.78, 5) is 12.0. The summed E-state index contributed by atoms with van der Waals surface area (Å²) in [5.74, 6) is -1.17. The van der Waals surface area contributed by atoms with E-state index in [0.29, 0.717) is 10.6 Å². The molecule has 108 valence electrons. The Labute approximate surface area is 128 Å². The van der Waals surface area contributed by atoms with E-state index < -0.39 is 15.8 Å². The number of carboxylic acid groups (broad SMARTS) is 1. The third kappa shape index (κ3) is 3.68. The second-order valence-corrected chi connectivity index (χ2v) is 8.31. The van der Waals surface area contributed by atoms with Crippen molar-refractivity contribution in [2.24, 2.45) is 0 Å². The molecule has 2 aromatic rings. The van der Waals surface area contributed by atoms with Crippen molar-refractivity contribution in [3.05, 3.63) is 27.7 Å². The van der Waals surface area contributed by atoms with Crippen molar-refractivity contribution in [1.29, 1.82) is 0 Å². The molecule has 2 heterocycles. The van der Waals surface area contributed by atoms with Crippen molar-refractivity contribution in [1.82, 2.24) is 9.78 Å². The van der Waals surface area contributed by atoms with E-state index >= 15 is 0 Å². The molecule has 0 atom stereocenters. The van der Waals surface area contributed by atoms with Gasteiger partial charge in [-0.1, -0.05) is 0 Å². The molecule has 0 spiro atoms. The summed E-state index contributed by atoms with van der Waals surface area (Å²) in [7, 11) is -3.12. The van der Waals surface area contributed by atoms with Gasteiger partial charge in [0.05, 0.1) is 17.2 Å². The van der Waals surface area contributed by atoms with Crippen LogP contribution in [0.1, 0.15) is 10.4 Å². The first-order valence-corrected chi connectivity index (χ1v) is 9.22. The summed E-state index contributed by atoms with van der Waals surface area (Å²) in [6, 6.07) is 1.78. The van der Waals surface area contributed by atoms with E-state index in [4.69, 9.17) is 0 Å². The largest absolute Gasteiger partial charge is 0.478 e. The Balaban J connectivity index is 2.36. The third-order valence-corrected chi connectivity index (χ3v) is 5.11. The lowest BCUT2D eigenvalue weighted by atomic mass is 10.2. The molecule has 20 heavy (non-hydrogen) atoms. The Kier molecular flexibility index (Phi) is 4.31. The Hall–Kier alpha value is -1.19. The topological polar surface area (TPSA) is 89.3 Å². The smallest absolute Gasteiger partial charge is 0.339 e. The van der Waals surface area contributed by atoms with Gasteiger partial charge >= 0.3 is 5.97 Å². The lowest BCUT2D eigenvalue weighted by molar-refractivity contribution is 0.0697. The summed E-state index contributed by atoms with van der Waals surface area (Å²) >= 11 is 4.67. The molecular weight excluding hydrogens is 368 g/mol. The van der Waals surface area contributed by atoms with Crippen LogP contribution in [-0.2, 0) is 16.4 Å². The third-order valence-electron chi connectivity index (χ3n) is 2.48. The van der Waals surface area contributed by atoms with Crippen LogP contribution in [0.3, 0.4) is 0 Å². The molecule has 2 aromatic heterocycles. The maximum Gasteiger partial charge on any atom is 0.339 e. The summed E-state index contributed by atoms with van der Waals surface area (Å²) in [6.07, 6.45) is 2.49. The molecule has 6 nitrogen and oxygen atoms in total. The van der Waals surface area contributed by atoms with E-state index in [1.54, 1.807) is 6.07 Å². The first-order chi connectivity index (χ1) is 9.26. The fourth-order valence-electron chi connectivity index (χ4n) is 1.57. The van der Waals surface area contributed by atoms with Crippen LogP contribution in [0.15, 0.2) is 22.1 Å². The van der Waals surface area contributed by atoms with Crippen LogP contribution in [-0.4, -0.2) is 41.3 Å². The molecule has 9 heteroatoms. The standard InChI is InChI=1S/C11H11BrN2O4S2/c1-20(17,18)3-2-14-5-8(11(15)16)10(13-14)9-4-7(12)6-19-9/h4-6H,2-3H2,1H3,(H,15,16). The van der Waals surface area contributed by atoms with Crippen molar-refractivity contribution in [2.45, 2.75) is 6.54 Å². The Morgan fingerprint density at radius 1 is 1.55 bits per heavy atom. The normalized spacial score (nSPS) is 11.7. The average molecular weight is 379 g/mol. The summed E-state index contributed by atoms with van der Waals surface area (Å²) < 4.78 is 24.5. The van der Waals surface area contributed by atoms with Crippen LogP contribution < -0.4 is 0 Å². The Morgan fingerprint density at radius 3 is 2.75 bits per heavy atom. The molecule has 0 aliphatic carbocycles. The minimum atomic E-state index is -3.12. The molecule has 0 amide bonds. The highest BCUT2D eigenvalue weighted by Crippen LogP contribution is 2.31. The minimum Gasteiger partial charge on any atom is -0.478 e. The number of carboxylic acids is 1. The highest BCUT2D eigenvalue weighted by Gasteiger charge is 2.19. The van der Waals surface area contributed by atoms with Crippen LogP contribution in [0.4, 0.5) is 0 Å². The van der Waals surface area contributed by atoms with E-state index in [1.807, 2.05) is 5.38 Å². The molecule has 0 radical (unpaired) electrons. The van der Waals surface area contributed by atoms with Gasteiger partial charge < -0.3 is 5.11 Å². The first kappa shape index (κ1) is 15.2. The van der Waals surface area contributed by atoms with Crippen molar-refractivity contribution in [2.75, 3.05) is 12.0 Å². The monoisotopic (exact) mass is 378 g/mol. The van der Waals surface area contributed by atoms with Crippen LogP contribution >= 0.6 is 27.3 Å². The number of aromatic carboxylic acids is 1. The van der Waals surface area contributed by atoms with E-state index in [-0.39, 0.29) is 17.9 Å². The SMILES string of the molecule is CS(=O)(=O)CCn1cc(C(=O)O)c(-c2cc(Br)cs2)n1. The maximum absolute atomic E-state index is 11.2. The number of rotatable bonds is 5. The highest BCUT2D eigenvalue weighted by atomic mass is 79.9. The molecule has 0 aliphatic rings. The predicted molar refractivity (Wildman–Crippen MR) is 79.9 cm³/mol. The first-order valence-electron chi connectivity index (χ1n) is 5.49. The van der Waals surface area contributed by atoms with Gasteiger partial charge in [-0.3, -0.25) is 4.68 Å². The van der Waals surface area contributed by atoms with Gasteiger partial charge in [-0.15, -0.1) is 11.3 Å². The van der Waals surface area contributed by atoms with Gasteiger partial charge in [0.2, 0.25) is 0 Å². The molecule has 0 aliphatic heterocycles. The fraction of sp³-hybridized carbons (Fsp3) is 0.273. The number of nitrogens with zero attached hydrogens (tertiary/aromatic N) is 2. The number of aryl methyl sites for hydroxylation is 1. The minimum absolute atomic E-state index is 0.0628. The number of halogens is 1. The summed E-state index contributed by atoms with van der Waals surface area (Å²) in [5, 5.41) is 15.2. The van der Waals surface area contributed by atoms with Crippen LogP contribution in [0.25, 0.3) is 10.6 Å². The fourth-order valence-corrected chi connectivity index (χ4v) is 3.52. The predicted octanol–water partition coefficient (Wildman–Crippen LogP) is 2.12. The van der Waals surface area contributed by atoms with Crippen LogP contribution in [0, 0.1) is 0 Å². The molecular formula is C11H11BrN2O4S2.